The fourth-order valence-electron chi connectivity index (χ4n) is 1.98. The molecule has 0 aliphatic carbocycles. The zero-order valence-electron chi connectivity index (χ0n) is 13.0. The molecule has 2 rings (SSSR count). The Morgan fingerprint density at radius 1 is 1.04 bits per heavy atom. The second kappa shape index (κ2) is 8.29. The number of para-hydroxylation sites is 1. The average molecular weight is 336 g/mol. The van der Waals surface area contributed by atoms with Gasteiger partial charge in [0.2, 0.25) is 5.75 Å². The van der Waals surface area contributed by atoms with E-state index in [9.17, 15) is 4.79 Å². The number of rotatable bonds is 7. The first-order chi connectivity index (χ1) is 11.2. The fraction of sp³-hybridized carbons (Fsp3) is 0.235. The van der Waals surface area contributed by atoms with Crippen LogP contribution in [0.3, 0.4) is 0 Å². The number of halogens is 1. The molecule has 2 aromatic carbocycles. The lowest BCUT2D eigenvalue weighted by atomic mass is 10.2. The van der Waals surface area contributed by atoms with Gasteiger partial charge in [-0.3, -0.25) is 4.79 Å². The summed E-state index contributed by atoms with van der Waals surface area (Å²) in [7, 11) is 3.05. The van der Waals surface area contributed by atoms with Gasteiger partial charge in [-0.25, -0.2) is 0 Å². The van der Waals surface area contributed by atoms with Crippen LogP contribution in [0.15, 0.2) is 42.5 Å². The Hall–Kier alpha value is -2.40. The molecule has 0 bridgehead atoms. The van der Waals surface area contributed by atoms with Crippen molar-refractivity contribution < 1.29 is 19.0 Å². The predicted molar refractivity (Wildman–Crippen MR) is 88.3 cm³/mol. The van der Waals surface area contributed by atoms with Crippen LogP contribution in [0.25, 0.3) is 0 Å². The van der Waals surface area contributed by atoms with E-state index in [4.69, 9.17) is 25.8 Å². The predicted octanol–water partition coefficient (Wildman–Crippen LogP) is 3.05. The van der Waals surface area contributed by atoms with E-state index in [1.807, 2.05) is 18.2 Å². The molecule has 2 aromatic rings. The number of methoxy groups -OCH3 is 2. The second-order valence-corrected chi connectivity index (χ2v) is 5.06. The summed E-state index contributed by atoms with van der Waals surface area (Å²) >= 11 is 6.04. The van der Waals surface area contributed by atoms with Crippen molar-refractivity contribution >= 4 is 17.5 Å². The molecule has 23 heavy (non-hydrogen) atoms. The summed E-state index contributed by atoms with van der Waals surface area (Å²) in [5, 5.41) is 3.37. The first-order valence-corrected chi connectivity index (χ1v) is 7.37. The first kappa shape index (κ1) is 17.0. The Balaban J connectivity index is 1.93. The molecule has 122 valence electrons. The van der Waals surface area contributed by atoms with Crippen LogP contribution >= 0.6 is 11.6 Å². The Bertz CT molecular complexity index is 653. The summed E-state index contributed by atoms with van der Waals surface area (Å²) in [5.74, 6) is 1.13. The van der Waals surface area contributed by atoms with Crippen molar-refractivity contribution in [1.82, 2.24) is 5.32 Å². The first-order valence-electron chi connectivity index (χ1n) is 6.99. The lowest BCUT2D eigenvalue weighted by Gasteiger charge is -2.14. The maximum Gasteiger partial charge on any atom is 0.258 e. The SMILES string of the molecule is COc1cccc(OC)c1OCC(=O)NCc1ccccc1Cl. The second-order valence-electron chi connectivity index (χ2n) is 4.65. The highest BCUT2D eigenvalue weighted by atomic mass is 35.5. The van der Waals surface area contributed by atoms with Gasteiger partial charge in [-0.05, 0) is 23.8 Å². The monoisotopic (exact) mass is 335 g/mol. The third-order valence-corrected chi connectivity index (χ3v) is 3.53. The topological polar surface area (TPSA) is 56.8 Å². The number of nitrogens with one attached hydrogen (secondary N) is 1. The Labute approximate surface area is 140 Å². The molecule has 0 fully saturated rings. The molecular weight excluding hydrogens is 318 g/mol. The van der Waals surface area contributed by atoms with Crippen molar-refractivity contribution in [3.63, 3.8) is 0 Å². The van der Waals surface area contributed by atoms with Crippen molar-refractivity contribution in [2.24, 2.45) is 0 Å². The molecule has 0 heterocycles. The van der Waals surface area contributed by atoms with Crippen LogP contribution in [0.2, 0.25) is 5.02 Å². The summed E-state index contributed by atoms with van der Waals surface area (Å²) < 4.78 is 16.0. The summed E-state index contributed by atoms with van der Waals surface area (Å²) in [6.07, 6.45) is 0. The average Bonchev–Trinajstić information content (AvgIpc) is 2.58. The van der Waals surface area contributed by atoms with Gasteiger partial charge in [0, 0.05) is 11.6 Å². The third kappa shape index (κ3) is 4.53. The van der Waals surface area contributed by atoms with Gasteiger partial charge in [0.05, 0.1) is 14.2 Å². The minimum Gasteiger partial charge on any atom is -0.493 e. The normalized spacial score (nSPS) is 10.0. The summed E-state index contributed by atoms with van der Waals surface area (Å²) in [5.41, 5.74) is 0.845. The molecule has 0 atom stereocenters. The molecule has 0 saturated heterocycles. The molecule has 0 aliphatic heterocycles. The quantitative estimate of drug-likeness (QED) is 0.845. The van der Waals surface area contributed by atoms with E-state index < -0.39 is 0 Å². The molecule has 0 aliphatic rings. The molecule has 0 spiro atoms. The van der Waals surface area contributed by atoms with Crippen LogP contribution in [-0.4, -0.2) is 26.7 Å². The minimum atomic E-state index is -0.266. The standard InChI is InChI=1S/C17H18ClNO4/c1-21-14-8-5-9-15(22-2)17(14)23-11-16(20)19-10-12-6-3-4-7-13(12)18/h3-9H,10-11H2,1-2H3,(H,19,20). The van der Waals surface area contributed by atoms with Gasteiger partial charge in [0.1, 0.15) is 0 Å². The highest BCUT2D eigenvalue weighted by Crippen LogP contribution is 2.36. The minimum absolute atomic E-state index is 0.152. The number of carbonyl (C=O) groups is 1. The van der Waals surface area contributed by atoms with Gasteiger partial charge in [0.15, 0.2) is 18.1 Å². The van der Waals surface area contributed by atoms with Crippen molar-refractivity contribution in [3.05, 3.63) is 53.1 Å². The number of hydrogen-bond acceptors (Lipinski definition) is 4. The van der Waals surface area contributed by atoms with E-state index >= 15 is 0 Å². The van der Waals surface area contributed by atoms with E-state index in [1.165, 1.54) is 14.2 Å². The maximum absolute atomic E-state index is 11.9. The highest BCUT2D eigenvalue weighted by molar-refractivity contribution is 6.31. The number of hydrogen-bond donors (Lipinski definition) is 1. The van der Waals surface area contributed by atoms with Gasteiger partial charge >= 0.3 is 0 Å². The molecule has 0 saturated carbocycles. The number of benzene rings is 2. The van der Waals surface area contributed by atoms with Gasteiger partial charge in [-0.15, -0.1) is 0 Å². The van der Waals surface area contributed by atoms with Crippen LogP contribution in [0.1, 0.15) is 5.56 Å². The molecule has 1 N–H and O–H groups in total. The molecule has 0 unspecified atom stereocenters. The highest BCUT2D eigenvalue weighted by Gasteiger charge is 2.13. The molecule has 6 heteroatoms. The van der Waals surface area contributed by atoms with Crippen molar-refractivity contribution in [1.29, 1.82) is 0 Å². The van der Waals surface area contributed by atoms with Crippen molar-refractivity contribution in [3.8, 4) is 17.2 Å². The zero-order chi connectivity index (χ0) is 16.7. The zero-order valence-corrected chi connectivity index (χ0v) is 13.7. The van der Waals surface area contributed by atoms with E-state index in [-0.39, 0.29) is 12.5 Å². The van der Waals surface area contributed by atoms with Crippen LogP contribution in [0.5, 0.6) is 17.2 Å². The number of ether oxygens (including phenoxy) is 3. The molecule has 0 aromatic heterocycles. The van der Waals surface area contributed by atoms with Crippen LogP contribution < -0.4 is 19.5 Å². The lowest BCUT2D eigenvalue weighted by Crippen LogP contribution is -2.28. The van der Waals surface area contributed by atoms with Crippen LogP contribution in [0.4, 0.5) is 0 Å². The van der Waals surface area contributed by atoms with Gasteiger partial charge < -0.3 is 19.5 Å². The van der Waals surface area contributed by atoms with Crippen molar-refractivity contribution in [2.75, 3.05) is 20.8 Å². The number of amides is 1. The smallest absolute Gasteiger partial charge is 0.258 e. The Morgan fingerprint density at radius 2 is 1.70 bits per heavy atom. The van der Waals surface area contributed by atoms with E-state index in [2.05, 4.69) is 5.32 Å². The molecular formula is C17H18ClNO4. The van der Waals surface area contributed by atoms with Crippen molar-refractivity contribution in [2.45, 2.75) is 6.54 Å². The molecule has 5 nitrogen and oxygen atoms in total. The van der Waals surface area contributed by atoms with Gasteiger partial charge in [-0.2, -0.15) is 0 Å². The Kier molecular flexibility index (Phi) is 6.11. The van der Waals surface area contributed by atoms with E-state index in [1.54, 1.807) is 24.3 Å². The molecule has 0 radical (unpaired) electrons. The van der Waals surface area contributed by atoms with E-state index in [0.717, 1.165) is 5.56 Å². The maximum atomic E-state index is 11.9. The van der Waals surface area contributed by atoms with Gasteiger partial charge in [-0.1, -0.05) is 35.9 Å². The lowest BCUT2D eigenvalue weighted by molar-refractivity contribution is -0.123. The largest absolute Gasteiger partial charge is 0.493 e. The Morgan fingerprint density at radius 3 is 2.30 bits per heavy atom. The fourth-order valence-corrected chi connectivity index (χ4v) is 2.19. The summed E-state index contributed by atoms with van der Waals surface area (Å²) in [6, 6.07) is 12.6. The van der Waals surface area contributed by atoms with Gasteiger partial charge in [0.25, 0.3) is 5.91 Å². The van der Waals surface area contributed by atoms with Crippen LogP contribution in [0, 0.1) is 0 Å². The third-order valence-electron chi connectivity index (χ3n) is 3.16. The summed E-state index contributed by atoms with van der Waals surface area (Å²) in [4.78, 5) is 11.9. The van der Waals surface area contributed by atoms with Crippen LogP contribution in [-0.2, 0) is 11.3 Å². The van der Waals surface area contributed by atoms with E-state index in [0.29, 0.717) is 28.8 Å². The summed E-state index contributed by atoms with van der Waals surface area (Å²) in [6.45, 7) is 0.187. The number of carbonyl (C=O) groups excluding carboxylic acids is 1. The molecule has 1 amide bonds.